The van der Waals surface area contributed by atoms with Crippen LogP contribution in [0.5, 0.6) is 0 Å². The molecule has 1 aromatic rings. The summed E-state index contributed by atoms with van der Waals surface area (Å²) in [7, 11) is 1.75. The highest BCUT2D eigenvalue weighted by Crippen LogP contribution is 2.18. The molecule has 1 N–H and O–H groups in total. The van der Waals surface area contributed by atoms with Crippen LogP contribution in [0.25, 0.3) is 0 Å². The molecular formula is C13H23N3O. The van der Waals surface area contributed by atoms with Gasteiger partial charge in [0.2, 0.25) is 0 Å². The van der Waals surface area contributed by atoms with E-state index in [4.69, 9.17) is 4.74 Å². The molecule has 0 aromatic carbocycles. The van der Waals surface area contributed by atoms with Crippen molar-refractivity contribution in [2.45, 2.75) is 32.7 Å². The molecule has 1 aliphatic heterocycles. The van der Waals surface area contributed by atoms with Crippen LogP contribution in [0.3, 0.4) is 0 Å². The first-order valence-electron chi connectivity index (χ1n) is 6.52. The van der Waals surface area contributed by atoms with Gasteiger partial charge in [0.05, 0.1) is 6.61 Å². The maximum atomic E-state index is 5.16. The summed E-state index contributed by atoms with van der Waals surface area (Å²) in [4.78, 5) is 4.55. The SMILES string of the molecule is COCCn1c(C)cnc1CC1CCNCC1. The molecule has 0 amide bonds. The molecule has 17 heavy (non-hydrogen) atoms. The van der Waals surface area contributed by atoms with Crippen LogP contribution in [-0.4, -0.2) is 36.4 Å². The third kappa shape index (κ3) is 3.30. The summed E-state index contributed by atoms with van der Waals surface area (Å²) in [5.74, 6) is 2.02. The van der Waals surface area contributed by atoms with E-state index in [0.29, 0.717) is 0 Å². The number of imidazole rings is 1. The number of ether oxygens (including phenoxy) is 1. The molecule has 4 nitrogen and oxygen atoms in total. The summed E-state index contributed by atoms with van der Waals surface area (Å²) in [6, 6.07) is 0. The van der Waals surface area contributed by atoms with E-state index in [1.165, 1.54) is 24.4 Å². The van der Waals surface area contributed by atoms with Crippen LogP contribution in [0.1, 0.15) is 24.4 Å². The maximum Gasteiger partial charge on any atom is 0.109 e. The molecule has 0 unspecified atom stereocenters. The maximum absolute atomic E-state index is 5.16. The Morgan fingerprint density at radius 3 is 2.94 bits per heavy atom. The van der Waals surface area contributed by atoms with E-state index in [-0.39, 0.29) is 0 Å². The molecule has 0 atom stereocenters. The van der Waals surface area contributed by atoms with Gasteiger partial charge in [0.1, 0.15) is 5.82 Å². The van der Waals surface area contributed by atoms with Crippen LogP contribution in [0.4, 0.5) is 0 Å². The van der Waals surface area contributed by atoms with Gasteiger partial charge >= 0.3 is 0 Å². The van der Waals surface area contributed by atoms with Crippen LogP contribution in [0.2, 0.25) is 0 Å². The van der Waals surface area contributed by atoms with E-state index in [2.05, 4.69) is 21.8 Å². The number of hydrogen-bond donors (Lipinski definition) is 1. The van der Waals surface area contributed by atoms with Crippen molar-refractivity contribution in [1.82, 2.24) is 14.9 Å². The van der Waals surface area contributed by atoms with Crippen molar-refractivity contribution in [1.29, 1.82) is 0 Å². The molecule has 4 heteroatoms. The summed E-state index contributed by atoms with van der Waals surface area (Å²) in [5.41, 5.74) is 1.24. The Labute approximate surface area is 103 Å². The fourth-order valence-electron chi connectivity index (χ4n) is 2.51. The zero-order valence-electron chi connectivity index (χ0n) is 10.9. The van der Waals surface area contributed by atoms with Gasteiger partial charge in [0.25, 0.3) is 0 Å². The first-order valence-corrected chi connectivity index (χ1v) is 6.52. The largest absolute Gasteiger partial charge is 0.383 e. The van der Waals surface area contributed by atoms with Gasteiger partial charge in [0, 0.05) is 32.0 Å². The third-order valence-electron chi connectivity index (χ3n) is 3.59. The lowest BCUT2D eigenvalue weighted by atomic mass is 9.94. The van der Waals surface area contributed by atoms with Gasteiger partial charge in [-0.05, 0) is 38.8 Å². The van der Waals surface area contributed by atoms with Crippen molar-refractivity contribution in [3.63, 3.8) is 0 Å². The Morgan fingerprint density at radius 1 is 1.47 bits per heavy atom. The minimum Gasteiger partial charge on any atom is -0.383 e. The molecule has 0 bridgehead atoms. The van der Waals surface area contributed by atoms with Gasteiger partial charge in [-0.25, -0.2) is 4.98 Å². The van der Waals surface area contributed by atoms with Crippen molar-refractivity contribution in [3.8, 4) is 0 Å². The zero-order valence-corrected chi connectivity index (χ0v) is 10.9. The molecular weight excluding hydrogens is 214 g/mol. The van der Waals surface area contributed by atoms with Gasteiger partial charge in [-0.15, -0.1) is 0 Å². The van der Waals surface area contributed by atoms with Crippen molar-refractivity contribution < 1.29 is 4.74 Å². The molecule has 2 rings (SSSR count). The highest BCUT2D eigenvalue weighted by molar-refractivity contribution is 5.04. The Kier molecular flexibility index (Phi) is 4.57. The Balaban J connectivity index is 1.98. The van der Waals surface area contributed by atoms with Crippen LogP contribution in [-0.2, 0) is 17.7 Å². The summed E-state index contributed by atoms with van der Waals surface area (Å²) >= 11 is 0. The lowest BCUT2D eigenvalue weighted by Gasteiger charge is -2.22. The molecule has 96 valence electrons. The minimum atomic E-state index is 0.760. The first-order chi connectivity index (χ1) is 8.31. The molecule has 1 saturated heterocycles. The van der Waals surface area contributed by atoms with Crippen LogP contribution < -0.4 is 5.32 Å². The highest BCUT2D eigenvalue weighted by Gasteiger charge is 2.16. The monoisotopic (exact) mass is 237 g/mol. The average molecular weight is 237 g/mol. The van der Waals surface area contributed by atoms with E-state index in [1.54, 1.807) is 7.11 Å². The van der Waals surface area contributed by atoms with Gasteiger partial charge in [-0.3, -0.25) is 0 Å². The molecule has 0 aliphatic carbocycles. The van der Waals surface area contributed by atoms with E-state index in [0.717, 1.165) is 38.6 Å². The zero-order chi connectivity index (χ0) is 12.1. The molecule has 0 spiro atoms. The fourth-order valence-corrected chi connectivity index (χ4v) is 2.51. The average Bonchev–Trinajstić information content (AvgIpc) is 2.69. The van der Waals surface area contributed by atoms with Crippen molar-refractivity contribution in [3.05, 3.63) is 17.7 Å². The number of aromatic nitrogens is 2. The first kappa shape index (κ1) is 12.6. The van der Waals surface area contributed by atoms with E-state index in [1.807, 2.05) is 6.20 Å². The lowest BCUT2D eigenvalue weighted by molar-refractivity contribution is 0.185. The number of rotatable bonds is 5. The molecule has 2 heterocycles. The second kappa shape index (κ2) is 6.17. The van der Waals surface area contributed by atoms with Crippen LogP contribution in [0.15, 0.2) is 6.20 Å². The molecule has 0 saturated carbocycles. The van der Waals surface area contributed by atoms with E-state index < -0.39 is 0 Å². The number of methoxy groups -OCH3 is 1. The minimum absolute atomic E-state index is 0.760. The topological polar surface area (TPSA) is 39.1 Å². The van der Waals surface area contributed by atoms with Crippen LogP contribution in [0, 0.1) is 12.8 Å². The number of hydrogen-bond acceptors (Lipinski definition) is 3. The summed E-state index contributed by atoms with van der Waals surface area (Å²) in [6.45, 7) is 6.11. The number of nitrogens with one attached hydrogen (secondary N) is 1. The van der Waals surface area contributed by atoms with Gasteiger partial charge < -0.3 is 14.6 Å². The predicted octanol–water partition coefficient (Wildman–Crippen LogP) is 1.38. The second-order valence-electron chi connectivity index (χ2n) is 4.86. The quantitative estimate of drug-likeness (QED) is 0.841. The number of piperidine rings is 1. The van der Waals surface area contributed by atoms with Gasteiger partial charge in [0.15, 0.2) is 0 Å². The fraction of sp³-hybridized carbons (Fsp3) is 0.769. The van der Waals surface area contributed by atoms with Crippen molar-refractivity contribution in [2.75, 3.05) is 26.8 Å². The number of aryl methyl sites for hydroxylation is 1. The standard InChI is InChI=1S/C13H23N3O/c1-11-10-15-13(16(11)7-8-17-2)9-12-3-5-14-6-4-12/h10,12,14H,3-9H2,1-2H3. The lowest BCUT2D eigenvalue weighted by Crippen LogP contribution is -2.29. The summed E-state index contributed by atoms with van der Waals surface area (Å²) < 4.78 is 7.45. The summed E-state index contributed by atoms with van der Waals surface area (Å²) in [5, 5.41) is 3.41. The smallest absolute Gasteiger partial charge is 0.109 e. The van der Waals surface area contributed by atoms with E-state index >= 15 is 0 Å². The molecule has 1 fully saturated rings. The number of nitrogens with zero attached hydrogens (tertiary/aromatic N) is 2. The van der Waals surface area contributed by atoms with Gasteiger partial charge in [-0.2, -0.15) is 0 Å². The van der Waals surface area contributed by atoms with Crippen molar-refractivity contribution >= 4 is 0 Å². The van der Waals surface area contributed by atoms with E-state index in [9.17, 15) is 0 Å². The highest BCUT2D eigenvalue weighted by atomic mass is 16.5. The van der Waals surface area contributed by atoms with Crippen LogP contribution >= 0.6 is 0 Å². The molecule has 0 radical (unpaired) electrons. The summed E-state index contributed by atoms with van der Waals surface area (Å²) in [6.07, 6.45) is 5.64. The third-order valence-corrected chi connectivity index (χ3v) is 3.59. The van der Waals surface area contributed by atoms with Crippen molar-refractivity contribution in [2.24, 2.45) is 5.92 Å². The normalized spacial score (nSPS) is 17.5. The Morgan fingerprint density at radius 2 is 2.24 bits per heavy atom. The Hall–Kier alpha value is -0.870. The molecule has 1 aliphatic rings. The molecule has 1 aromatic heterocycles. The second-order valence-corrected chi connectivity index (χ2v) is 4.86. The Bertz CT molecular complexity index is 342. The predicted molar refractivity (Wildman–Crippen MR) is 68.1 cm³/mol. The van der Waals surface area contributed by atoms with Gasteiger partial charge in [-0.1, -0.05) is 0 Å².